The van der Waals surface area contributed by atoms with Gasteiger partial charge in [-0.3, -0.25) is 14.6 Å². The fourth-order valence-electron chi connectivity index (χ4n) is 5.15. The smallest absolute Gasteiger partial charge is 0.147 e. The summed E-state index contributed by atoms with van der Waals surface area (Å²) < 4.78 is 0. The summed E-state index contributed by atoms with van der Waals surface area (Å²) in [4.78, 5) is 23.3. The number of Topliss-reactive ketones (excluding diaryl/α,β-unsaturated/α-hetero) is 1. The Kier molecular flexibility index (Phi) is 8.54. The highest BCUT2D eigenvalue weighted by Gasteiger charge is 2.24. The van der Waals surface area contributed by atoms with Crippen molar-refractivity contribution in [1.29, 1.82) is 0 Å². The van der Waals surface area contributed by atoms with Crippen LogP contribution in [0.4, 0.5) is 0 Å². The first-order valence-electron chi connectivity index (χ1n) is 12.9. The first-order chi connectivity index (χ1) is 16.4. The Balaban J connectivity index is 1.38. The first kappa shape index (κ1) is 25.1. The molecule has 0 aromatic heterocycles. The van der Waals surface area contributed by atoms with E-state index in [1.807, 2.05) is 0 Å². The molecular weight excluding hydrogens is 420 g/mol. The summed E-state index contributed by atoms with van der Waals surface area (Å²) in [6.45, 7) is 15.0. The highest BCUT2D eigenvalue weighted by atomic mass is 16.1. The van der Waals surface area contributed by atoms with Crippen LogP contribution >= 0.6 is 0 Å². The molecule has 2 unspecified atom stereocenters. The first-order valence-corrected chi connectivity index (χ1v) is 12.9. The van der Waals surface area contributed by atoms with Crippen LogP contribution in [0.1, 0.15) is 47.9 Å². The molecule has 2 heterocycles. The van der Waals surface area contributed by atoms with Gasteiger partial charge in [0.05, 0.1) is 0 Å². The number of carbonyl (C=O) groups excluding carboxylic acids is 1. The number of hydrogen-bond acceptors (Lipinski definition) is 5. The number of ketones is 1. The van der Waals surface area contributed by atoms with Gasteiger partial charge in [-0.15, -0.1) is 0 Å². The maximum atomic E-state index is 13.5. The lowest BCUT2D eigenvalue weighted by Gasteiger charge is -2.32. The van der Waals surface area contributed by atoms with E-state index in [1.165, 1.54) is 11.1 Å². The SMILES string of the molecule is CC(C(=O)C(C)c1cccc(CN2CCN(C)CC2)c1)c1cccc(CN2CCN(C)CC2)c1. The van der Waals surface area contributed by atoms with E-state index in [9.17, 15) is 4.79 Å². The van der Waals surface area contributed by atoms with Gasteiger partial charge in [-0.05, 0) is 36.3 Å². The van der Waals surface area contributed by atoms with Gasteiger partial charge in [-0.2, -0.15) is 0 Å². The van der Waals surface area contributed by atoms with E-state index < -0.39 is 0 Å². The van der Waals surface area contributed by atoms with E-state index in [4.69, 9.17) is 0 Å². The Labute approximate surface area is 206 Å². The highest BCUT2D eigenvalue weighted by Crippen LogP contribution is 2.28. The molecule has 2 saturated heterocycles. The van der Waals surface area contributed by atoms with Gasteiger partial charge >= 0.3 is 0 Å². The van der Waals surface area contributed by atoms with Crippen LogP contribution in [0.3, 0.4) is 0 Å². The third kappa shape index (κ3) is 6.54. The summed E-state index contributed by atoms with van der Waals surface area (Å²) in [5, 5.41) is 0. The third-order valence-corrected chi connectivity index (χ3v) is 7.76. The molecule has 0 aliphatic carbocycles. The molecule has 184 valence electrons. The normalized spacial score (nSPS) is 20.8. The number of carbonyl (C=O) groups is 1. The molecular formula is C29H42N4O. The number of hydrogen-bond donors (Lipinski definition) is 0. The van der Waals surface area contributed by atoms with Crippen molar-refractivity contribution in [2.24, 2.45) is 0 Å². The van der Waals surface area contributed by atoms with Crippen molar-refractivity contribution in [3.8, 4) is 0 Å². The minimum absolute atomic E-state index is 0.108. The molecule has 5 heteroatoms. The Hall–Kier alpha value is -2.05. The van der Waals surface area contributed by atoms with Gasteiger partial charge in [0.1, 0.15) is 5.78 Å². The molecule has 2 aliphatic heterocycles. The third-order valence-electron chi connectivity index (χ3n) is 7.76. The lowest BCUT2D eigenvalue weighted by Crippen LogP contribution is -2.43. The lowest BCUT2D eigenvalue weighted by molar-refractivity contribution is -0.121. The minimum Gasteiger partial charge on any atom is -0.304 e. The maximum Gasteiger partial charge on any atom is 0.147 e. The number of rotatable bonds is 8. The van der Waals surface area contributed by atoms with Crippen LogP contribution in [0.15, 0.2) is 48.5 Å². The Morgan fingerprint density at radius 3 is 1.44 bits per heavy atom. The Morgan fingerprint density at radius 2 is 1.06 bits per heavy atom. The van der Waals surface area contributed by atoms with Gasteiger partial charge in [0.25, 0.3) is 0 Å². The van der Waals surface area contributed by atoms with Crippen LogP contribution in [0.2, 0.25) is 0 Å². The zero-order chi connectivity index (χ0) is 24.1. The van der Waals surface area contributed by atoms with Crippen molar-refractivity contribution in [2.45, 2.75) is 38.8 Å². The summed E-state index contributed by atoms with van der Waals surface area (Å²) in [5.74, 6) is 0.0842. The van der Waals surface area contributed by atoms with E-state index in [1.54, 1.807) is 0 Å². The largest absolute Gasteiger partial charge is 0.304 e. The van der Waals surface area contributed by atoms with E-state index in [-0.39, 0.29) is 11.8 Å². The highest BCUT2D eigenvalue weighted by molar-refractivity contribution is 5.91. The fraction of sp³-hybridized carbons (Fsp3) is 0.552. The number of nitrogens with zero attached hydrogens (tertiary/aromatic N) is 4. The monoisotopic (exact) mass is 462 g/mol. The number of piperazine rings is 2. The Morgan fingerprint density at radius 1 is 0.676 bits per heavy atom. The molecule has 34 heavy (non-hydrogen) atoms. The van der Waals surface area contributed by atoms with Crippen molar-refractivity contribution in [3.05, 3.63) is 70.8 Å². The maximum absolute atomic E-state index is 13.5. The molecule has 2 atom stereocenters. The van der Waals surface area contributed by atoms with Crippen molar-refractivity contribution < 1.29 is 4.79 Å². The van der Waals surface area contributed by atoms with Gasteiger partial charge in [-0.1, -0.05) is 62.4 Å². The summed E-state index contributed by atoms with van der Waals surface area (Å²) in [6.07, 6.45) is 0. The van der Waals surface area contributed by atoms with Crippen LogP contribution < -0.4 is 0 Å². The molecule has 2 aromatic rings. The molecule has 2 aromatic carbocycles. The average molecular weight is 463 g/mol. The standard InChI is InChI=1S/C29H42N4O/c1-23(27-9-5-7-25(19-27)21-32-15-11-30(3)12-16-32)29(34)24(2)28-10-6-8-26(20-28)22-33-17-13-31(4)14-18-33/h5-10,19-20,23-24H,11-18,21-22H2,1-4H3. The molecule has 0 N–H and O–H groups in total. The number of benzene rings is 2. The molecule has 4 rings (SSSR count). The van der Waals surface area contributed by atoms with Crippen LogP contribution in [0, 0.1) is 0 Å². The van der Waals surface area contributed by atoms with Crippen LogP contribution in [0.25, 0.3) is 0 Å². The van der Waals surface area contributed by atoms with Crippen molar-refractivity contribution in [1.82, 2.24) is 19.6 Å². The zero-order valence-corrected chi connectivity index (χ0v) is 21.5. The predicted octanol–water partition coefficient (Wildman–Crippen LogP) is 3.66. The van der Waals surface area contributed by atoms with E-state index in [0.717, 1.165) is 76.6 Å². The Bertz CT molecular complexity index is 869. The zero-order valence-electron chi connectivity index (χ0n) is 21.5. The second-order valence-electron chi connectivity index (χ2n) is 10.5. The van der Waals surface area contributed by atoms with Crippen molar-refractivity contribution >= 4 is 5.78 Å². The molecule has 0 spiro atoms. The molecule has 5 nitrogen and oxygen atoms in total. The van der Waals surface area contributed by atoms with Gasteiger partial charge in [0, 0.05) is 77.3 Å². The van der Waals surface area contributed by atoms with E-state index >= 15 is 0 Å². The molecule has 0 saturated carbocycles. The van der Waals surface area contributed by atoms with Crippen molar-refractivity contribution in [2.75, 3.05) is 66.5 Å². The number of likely N-dealkylation sites (N-methyl/N-ethyl adjacent to an activating group) is 2. The second kappa shape index (κ2) is 11.6. The van der Waals surface area contributed by atoms with Gasteiger partial charge in [-0.25, -0.2) is 0 Å². The van der Waals surface area contributed by atoms with Crippen molar-refractivity contribution in [3.63, 3.8) is 0 Å². The quantitative estimate of drug-likeness (QED) is 0.598. The van der Waals surface area contributed by atoms with Gasteiger partial charge in [0.15, 0.2) is 0 Å². The molecule has 2 fully saturated rings. The van der Waals surface area contributed by atoms with Gasteiger partial charge < -0.3 is 9.80 Å². The topological polar surface area (TPSA) is 30.0 Å². The van der Waals surface area contributed by atoms with Crippen LogP contribution in [0.5, 0.6) is 0 Å². The van der Waals surface area contributed by atoms with E-state index in [0.29, 0.717) is 5.78 Å². The summed E-state index contributed by atoms with van der Waals surface area (Å²) in [6, 6.07) is 17.4. The summed E-state index contributed by atoms with van der Waals surface area (Å²) in [7, 11) is 4.38. The van der Waals surface area contributed by atoms with Crippen LogP contribution in [-0.4, -0.2) is 91.8 Å². The second-order valence-corrected chi connectivity index (χ2v) is 10.5. The molecule has 0 bridgehead atoms. The molecule has 0 amide bonds. The summed E-state index contributed by atoms with van der Waals surface area (Å²) >= 11 is 0. The van der Waals surface area contributed by atoms with Gasteiger partial charge in [0.2, 0.25) is 0 Å². The van der Waals surface area contributed by atoms with Crippen LogP contribution in [-0.2, 0) is 17.9 Å². The molecule has 2 aliphatic rings. The average Bonchev–Trinajstić information content (AvgIpc) is 2.86. The minimum atomic E-state index is -0.108. The molecule has 0 radical (unpaired) electrons. The lowest BCUT2D eigenvalue weighted by atomic mass is 9.85. The fourth-order valence-corrected chi connectivity index (χ4v) is 5.15. The van der Waals surface area contributed by atoms with E-state index in [2.05, 4.69) is 96.1 Å². The predicted molar refractivity (Wildman–Crippen MR) is 140 cm³/mol. The summed E-state index contributed by atoms with van der Waals surface area (Å²) in [5.41, 5.74) is 4.89.